The van der Waals surface area contributed by atoms with Gasteiger partial charge in [0.1, 0.15) is 10.8 Å². The molecule has 1 heterocycles. The van der Waals surface area contributed by atoms with Crippen LogP contribution in [0.3, 0.4) is 0 Å². The van der Waals surface area contributed by atoms with Crippen LogP contribution in [0.5, 0.6) is 0 Å². The van der Waals surface area contributed by atoms with Gasteiger partial charge in [-0.3, -0.25) is 4.79 Å². The fourth-order valence-electron chi connectivity index (χ4n) is 2.03. The van der Waals surface area contributed by atoms with Crippen molar-refractivity contribution in [2.75, 3.05) is 0 Å². The lowest BCUT2D eigenvalue weighted by molar-refractivity contribution is 0.0931. The summed E-state index contributed by atoms with van der Waals surface area (Å²) in [6.07, 6.45) is 2.51. The van der Waals surface area contributed by atoms with E-state index in [-0.39, 0.29) is 11.9 Å². The molecule has 0 aliphatic rings. The second kappa shape index (κ2) is 7.13. The van der Waals surface area contributed by atoms with Crippen molar-refractivity contribution in [2.24, 2.45) is 5.92 Å². The maximum absolute atomic E-state index is 13.4. The summed E-state index contributed by atoms with van der Waals surface area (Å²) in [6.45, 7) is 4.18. The molecule has 1 aromatic carbocycles. The van der Waals surface area contributed by atoms with Gasteiger partial charge in [0.15, 0.2) is 0 Å². The molecule has 0 saturated heterocycles. The number of thiazole rings is 1. The Morgan fingerprint density at radius 1 is 1.43 bits per heavy atom. The lowest BCUT2D eigenvalue weighted by atomic mass is 10.0. The van der Waals surface area contributed by atoms with Crippen LogP contribution in [0.1, 0.15) is 41.7 Å². The second-order valence-electron chi connectivity index (χ2n) is 5.18. The normalized spacial score (nSPS) is 12.4. The maximum Gasteiger partial charge on any atom is 0.251 e. The lowest BCUT2D eigenvalue weighted by Crippen LogP contribution is -2.29. The predicted octanol–water partition coefficient (Wildman–Crippen LogP) is 4.56. The highest BCUT2D eigenvalue weighted by molar-refractivity contribution is 9.10. The van der Waals surface area contributed by atoms with E-state index in [9.17, 15) is 9.18 Å². The van der Waals surface area contributed by atoms with E-state index in [2.05, 4.69) is 40.1 Å². The number of benzene rings is 1. The largest absolute Gasteiger partial charge is 0.343 e. The fourth-order valence-corrected chi connectivity index (χ4v) is 3.19. The smallest absolute Gasteiger partial charge is 0.251 e. The minimum absolute atomic E-state index is 0.153. The van der Waals surface area contributed by atoms with Crippen LogP contribution >= 0.6 is 27.3 Å². The van der Waals surface area contributed by atoms with Crippen LogP contribution in [0.15, 0.2) is 34.2 Å². The molecule has 2 rings (SSSR count). The van der Waals surface area contributed by atoms with Crippen molar-refractivity contribution < 1.29 is 9.18 Å². The molecule has 1 atom stereocenters. The van der Waals surface area contributed by atoms with Gasteiger partial charge in [0.2, 0.25) is 0 Å². The molecule has 2 aromatic rings. The molecule has 1 unspecified atom stereocenters. The SMILES string of the molecule is CC(C)CC(NC(=O)c1cc(F)cc(Br)c1)c1nccs1. The van der Waals surface area contributed by atoms with E-state index in [0.29, 0.717) is 16.0 Å². The number of amides is 1. The number of rotatable bonds is 5. The monoisotopic (exact) mass is 370 g/mol. The molecule has 0 spiro atoms. The Labute approximate surface area is 135 Å². The van der Waals surface area contributed by atoms with Crippen molar-refractivity contribution in [3.8, 4) is 0 Å². The van der Waals surface area contributed by atoms with Crippen molar-refractivity contribution in [3.05, 3.63) is 50.6 Å². The minimum atomic E-state index is -0.441. The van der Waals surface area contributed by atoms with Gasteiger partial charge in [0.25, 0.3) is 5.91 Å². The summed E-state index contributed by atoms with van der Waals surface area (Å²) in [4.78, 5) is 16.6. The van der Waals surface area contributed by atoms with E-state index >= 15 is 0 Å². The van der Waals surface area contributed by atoms with Gasteiger partial charge in [-0.15, -0.1) is 11.3 Å². The maximum atomic E-state index is 13.4. The highest BCUT2D eigenvalue weighted by atomic mass is 79.9. The molecule has 0 aliphatic heterocycles. The molecule has 1 aromatic heterocycles. The summed E-state index contributed by atoms with van der Waals surface area (Å²) in [5.74, 6) is -0.321. The van der Waals surface area contributed by atoms with E-state index < -0.39 is 5.82 Å². The Morgan fingerprint density at radius 3 is 2.76 bits per heavy atom. The van der Waals surface area contributed by atoms with E-state index in [1.807, 2.05) is 5.38 Å². The minimum Gasteiger partial charge on any atom is -0.343 e. The molecule has 6 heteroatoms. The van der Waals surface area contributed by atoms with Crippen molar-refractivity contribution in [2.45, 2.75) is 26.3 Å². The predicted molar refractivity (Wildman–Crippen MR) is 85.9 cm³/mol. The molecule has 0 saturated carbocycles. The molecule has 112 valence electrons. The number of hydrogen-bond acceptors (Lipinski definition) is 3. The molecule has 0 radical (unpaired) electrons. The fraction of sp³-hybridized carbons (Fsp3) is 0.333. The van der Waals surface area contributed by atoms with Gasteiger partial charge in [0.05, 0.1) is 6.04 Å². The number of aromatic nitrogens is 1. The summed E-state index contributed by atoms with van der Waals surface area (Å²) in [5.41, 5.74) is 0.298. The zero-order valence-corrected chi connectivity index (χ0v) is 14.2. The molecule has 0 fully saturated rings. The molecule has 1 amide bonds. The Kier molecular flexibility index (Phi) is 5.47. The van der Waals surface area contributed by atoms with Crippen molar-refractivity contribution in [3.63, 3.8) is 0 Å². The van der Waals surface area contributed by atoms with Gasteiger partial charge in [-0.1, -0.05) is 29.8 Å². The second-order valence-corrected chi connectivity index (χ2v) is 7.03. The molecule has 1 N–H and O–H groups in total. The van der Waals surface area contributed by atoms with Crippen LogP contribution in [0.25, 0.3) is 0 Å². The summed E-state index contributed by atoms with van der Waals surface area (Å²) >= 11 is 4.70. The Morgan fingerprint density at radius 2 is 2.19 bits per heavy atom. The van der Waals surface area contributed by atoms with Crippen LogP contribution in [-0.4, -0.2) is 10.9 Å². The van der Waals surface area contributed by atoms with Crippen LogP contribution in [-0.2, 0) is 0 Å². The zero-order chi connectivity index (χ0) is 15.4. The number of halogens is 2. The van der Waals surface area contributed by atoms with Crippen LogP contribution in [0.2, 0.25) is 0 Å². The molecule has 21 heavy (non-hydrogen) atoms. The lowest BCUT2D eigenvalue weighted by Gasteiger charge is -2.18. The first-order valence-corrected chi connectivity index (χ1v) is 8.29. The average Bonchev–Trinajstić information content (AvgIpc) is 2.89. The Bertz CT molecular complexity index is 596. The highest BCUT2D eigenvalue weighted by Crippen LogP contribution is 2.24. The molecule has 3 nitrogen and oxygen atoms in total. The summed E-state index contributed by atoms with van der Waals surface area (Å²) in [5, 5.41) is 5.69. The summed E-state index contributed by atoms with van der Waals surface area (Å²) < 4.78 is 13.9. The highest BCUT2D eigenvalue weighted by Gasteiger charge is 2.19. The number of nitrogens with one attached hydrogen (secondary N) is 1. The topological polar surface area (TPSA) is 42.0 Å². The average molecular weight is 371 g/mol. The third-order valence-electron chi connectivity index (χ3n) is 2.89. The van der Waals surface area contributed by atoms with Gasteiger partial charge in [-0.2, -0.15) is 0 Å². The summed E-state index contributed by atoms with van der Waals surface area (Å²) in [6, 6.07) is 4.00. The van der Waals surface area contributed by atoms with Crippen molar-refractivity contribution >= 4 is 33.2 Å². The van der Waals surface area contributed by atoms with E-state index in [0.717, 1.165) is 11.4 Å². The van der Waals surface area contributed by atoms with Crippen molar-refractivity contribution in [1.29, 1.82) is 0 Å². The van der Waals surface area contributed by atoms with Gasteiger partial charge in [-0.25, -0.2) is 9.37 Å². The van der Waals surface area contributed by atoms with E-state index in [4.69, 9.17) is 0 Å². The first-order valence-electron chi connectivity index (χ1n) is 6.62. The van der Waals surface area contributed by atoms with E-state index in [1.54, 1.807) is 12.3 Å². The molecule has 0 bridgehead atoms. The number of carbonyl (C=O) groups excluding carboxylic acids is 1. The molecular formula is C15H16BrFN2OS. The standard InChI is InChI=1S/C15H16BrFN2OS/c1-9(2)5-13(15-18-3-4-21-15)19-14(20)10-6-11(16)8-12(17)7-10/h3-4,6-9,13H,5H2,1-2H3,(H,19,20). The van der Waals surface area contributed by atoms with Gasteiger partial charge in [0, 0.05) is 21.6 Å². The van der Waals surface area contributed by atoms with Crippen LogP contribution in [0, 0.1) is 11.7 Å². The first kappa shape index (κ1) is 16.1. The molecule has 0 aliphatic carbocycles. The van der Waals surface area contributed by atoms with Gasteiger partial charge >= 0.3 is 0 Å². The van der Waals surface area contributed by atoms with Gasteiger partial charge in [-0.05, 0) is 30.5 Å². The Hall–Kier alpha value is -1.27. The summed E-state index contributed by atoms with van der Waals surface area (Å²) in [7, 11) is 0. The Balaban J connectivity index is 2.17. The quantitative estimate of drug-likeness (QED) is 0.837. The number of nitrogens with zero attached hydrogens (tertiary/aromatic N) is 1. The van der Waals surface area contributed by atoms with Gasteiger partial charge < -0.3 is 5.32 Å². The zero-order valence-electron chi connectivity index (χ0n) is 11.8. The van der Waals surface area contributed by atoms with E-state index in [1.165, 1.54) is 23.5 Å². The van der Waals surface area contributed by atoms with Crippen LogP contribution in [0.4, 0.5) is 4.39 Å². The third kappa shape index (κ3) is 4.61. The van der Waals surface area contributed by atoms with Crippen molar-refractivity contribution in [1.82, 2.24) is 10.3 Å². The third-order valence-corrected chi connectivity index (χ3v) is 4.23. The molecular weight excluding hydrogens is 355 g/mol. The number of carbonyl (C=O) groups is 1. The van der Waals surface area contributed by atoms with Crippen LogP contribution < -0.4 is 5.32 Å². The first-order chi connectivity index (χ1) is 9.95. The number of hydrogen-bond donors (Lipinski definition) is 1.